The van der Waals surface area contributed by atoms with Crippen LogP contribution in [0.1, 0.15) is 26.3 Å². The van der Waals surface area contributed by atoms with Gasteiger partial charge in [-0.05, 0) is 63.2 Å². The number of benzene rings is 2. The summed E-state index contributed by atoms with van der Waals surface area (Å²) in [6.45, 7) is 5.89. The Bertz CT molecular complexity index is 1490. The van der Waals surface area contributed by atoms with Crippen molar-refractivity contribution >= 4 is 26.7 Å². The molecule has 0 bridgehead atoms. The van der Waals surface area contributed by atoms with Crippen molar-refractivity contribution in [1.82, 2.24) is 19.1 Å². The van der Waals surface area contributed by atoms with Crippen LogP contribution in [0.25, 0.3) is 11.3 Å². The molecule has 1 N–H and O–H groups in total. The van der Waals surface area contributed by atoms with Gasteiger partial charge in [-0.15, -0.1) is 0 Å². The maximum atomic E-state index is 14.2. The predicted octanol–water partition coefficient (Wildman–Crippen LogP) is 4.76. The van der Waals surface area contributed by atoms with Crippen LogP contribution in [0, 0.1) is 17.1 Å². The topological polar surface area (TPSA) is 123 Å². The molecule has 0 aliphatic carbocycles. The first kappa shape index (κ1) is 23.3. The number of sulfonamides is 1. The SMILES string of the molecule is CC(C)(C)n1nccc1-c1cc(F)ccc1Oc1ccc(S(=O)(=O)Nc2ncns2)cc1C#N. The van der Waals surface area contributed by atoms with Gasteiger partial charge in [0.1, 0.15) is 29.7 Å². The molecule has 9 nitrogen and oxygen atoms in total. The highest BCUT2D eigenvalue weighted by molar-refractivity contribution is 7.93. The van der Waals surface area contributed by atoms with E-state index in [2.05, 4.69) is 19.2 Å². The summed E-state index contributed by atoms with van der Waals surface area (Å²) in [5.74, 6) is -0.0627. The molecule has 4 aromatic rings. The van der Waals surface area contributed by atoms with Gasteiger partial charge in [0.15, 0.2) is 0 Å². The van der Waals surface area contributed by atoms with E-state index >= 15 is 0 Å². The molecular formula is C22H19FN6O3S2. The van der Waals surface area contributed by atoms with Crippen molar-refractivity contribution in [2.24, 2.45) is 0 Å². The van der Waals surface area contributed by atoms with E-state index < -0.39 is 15.8 Å². The van der Waals surface area contributed by atoms with Crippen LogP contribution in [0.2, 0.25) is 0 Å². The second-order valence-corrected chi connectivity index (χ2v) is 10.6. The third-order valence-corrected chi connectivity index (χ3v) is 6.73. The molecule has 0 radical (unpaired) electrons. The van der Waals surface area contributed by atoms with E-state index in [-0.39, 0.29) is 32.6 Å². The van der Waals surface area contributed by atoms with Crippen LogP contribution < -0.4 is 9.46 Å². The Morgan fingerprint density at radius 3 is 2.59 bits per heavy atom. The van der Waals surface area contributed by atoms with Crippen molar-refractivity contribution in [3.05, 3.63) is 66.4 Å². The predicted molar refractivity (Wildman–Crippen MR) is 125 cm³/mol. The van der Waals surface area contributed by atoms with Crippen molar-refractivity contribution < 1.29 is 17.5 Å². The summed E-state index contributed by atoms with van der Waals surface area (Å²) in [5, 5.41) is 14.1. The normalized spacial score (nSPS) is 11.7. The second-order valence-electron chi connectivity index (χ2n) is 8.16. The Kier molecular flexibility index (Phi) is 6.07. The highest BCUT2D eigenvalue weighted by atomic mass is 32.2. The fourth-order valence-electron chi connectivity index (χ4n) is 3.20. The van der Waals surface area contributed by atoms with Gasteiger partial charge in [0.2, 0.25) is 5.13 Å². The van der Waals surface area contributed by atoms with Crippen LogP contribution >= 0.6 is 11.5 Å². The van der Waals surface area contributed by atoms with Gasteiger partial charge in [0, 0.05) is 23.3 Å². The maximum Gasteiger partial charge on any atom is 0.263 e. The Morgan fingerprint density at radius 1 is 1.15 bits per heavy atom. The number of hydrogen-bond acceptors (Lipinski definition) is 8. The standard InChI is InChI=1S/C22H19FN6O3S2/c1-22(2,3)29-18(8-9-26-29)17-11-15(23)4-6-20(17)32-19-7-5-16(10-14(19)12-24)34(30,31)28-21-25-13-27-33-21/h4-11,13H,1-3H3,(H,25,27,28). The lowest BCUT2D eigenvalue weighted by molar-refractivity contribution is 0.359. The van der Waals surface area contributed by atoms with Crippen molar-refractivity contribution in [2.75, 3.05) is 4.72 Å². The van der Waals surface area contributed by atoms with Crippen LogP contribution in [0.3, 0.4) is 0 Å². The van der Waals surface area contributed by atoms with Gasteiger partial charge in [-0.25, -0.2) is 17.8 Å². The first-order valence-corrected chi connectivity index (χ1v) is 12.2. The monoisotopic (exact) mass is 498 g/mol. The van der Waals surface area contributed by atoms with E-state index in [4.69, 9.17) is 4.74 Å². The number of ether oxygens (including phenoxy) is 1. The fraction of sp³-hybridized carbons (Fsp3) is 0.182. The van der Waals surface area contributed by atoms with Gasteiger partial charge in [0.05, 0.1) is 21.7 Å². The summed E-state index contributed by atoms with van der Waals surface area (Å²) < 4.78 is 53.2. The number of nitrogens with zero attached hydrogens (tertiary/aromatic N) is 5. The minimum Gasteiger partial charge on any atom is -0.455 e. The average Bonchev–Trinajstić information content (AvgIpc) is 3.46. The summed E-state index contributed by atoms with van der Waals surface area (Å²) in [5.41, 5.74) is 0.669. The van der Waals surface area contributed by atoms with Gasteiger partial charge in [0.25, 0.3) is 10.0 Å². The molecule has 2 aromatic carbocycles. The summed E-state index contributed by atoms with van der Waals surface area (Å²) in [6, 6.07) is 11.6. The first-order valence-electron chi connectivity index (χ1n) is 9.94. The molecular weight excluding hydrogens is 479 g/mol. The van der Waals surface area contributed by atoms with Crippen molar-refractivity contribution in [1.29, 1.82) is 5.26 Å². The van der Waals surface area contributed by atoms with Gasteiger partial charge < -0.3 is 4.74 Å². The van der Waals surface area contributed by atoms with Crippen molar-refractivity contribution in [3.63, 3.8) is 0 Å². The smallest absolute Gasteiger partial charge is 0.263 e. The molecule has 0 amide bonds. The molecule has 2 heterocycles. The van der Waals surface area contributed by atoms with Crippen molar-refractivity contribution in [2.45, 2.75) is 31.2 Å². The number of hydrogen-bond donors (Lipinski definition) is 1. The third kappa shape index (κ3) is 4.75. The van der Waals surface area contributed by atoms with Crippen LogP contribution in [0.15, 0.2) is 59.9 Å². The van der Waals surface area contributed by atoms with Crippen molar-refractivity contribution in [3.8, 4) is 28.8 Å². The van der Waals surface area contributed by atoms with Crippen LogP contribution in [-0.2, 0) is 15.6 Å². The zero-order chi connectivity index (χ0) is 24.5. The molecule has 0 fully saturated rings. The molecule has 2 aromatic heterocycles. The minimum absolute atomic E-state index is 0.0141. The maximum absolute atomic E-state index is 14.2. The van der Waals surface area contributed by atoms with E-state index in [0.29, 0.717) is 11.3 Å². The molecule has 0 aliphatic rings. The van der Waals surface area contributed by atoms with Gasteiger partial charge in [-0.3, -0.25) is 9.40 Å². The zero-order valence-electron chi connectivity index (χ0n) is 18.4. The average molecular weight is 499 g/mol. The largest absolute Gasteiger partial charge is 0.455 e. The Balaban J connectivity index is 1.72. The number of nitriles is 1. The number of nitrogens with one attached hydrogen (secondary N) is 1. The second kappa shape index (κ2) is 8.85. The highest BCUT2D eigenvalue weighted by Crippen LogP contribution is 2.37. The summed E-state index contributed by atoms with van der Waals surface area (Å²) in [6.07, 6.45) is 2.84. The van der Waals surface area contributed by atoms with E-state index in [9.17, 15) is 18.1 Å². The molecule has 174 valence electrons. The first-order chi connectivity index (χ1) is 16.1. The lowest BCUT2D eigenvalue weighted by Gasteiger charge is -2.23. The number of rotatable bonds is 6. The molecule has 34 heavy (non-hydrogen) atoms. The lowest BCUT2D eigenvalue weighted by Crippen LogP contribution is -2.24. The molecule has 4 rings (SSSR count). The van der Waals surface area contributed by atoms with E-state index in [0.717, 1.165) is 11.5 Å². The van der Waals surface area contributed by atoms with E-state index in [1.54, 1.807) is 16.9 Å². The quantitative estimate of drug-likeness (QED) is 0.406. The Hall–Kier alpha value is -3.82. The molecule has 12 heteroatoms. The van der Waals surface area contributed by atoms with Crippen LogP contribution in [0.4, 0.5) is 9.52 Å². The Labute approximate surface area is 199 Å². The Morgan fingerprint density at radius 2 is 1.91 bits per heavy atom. The number of anilines is 1. The molecule has 0 spiro atoms. The van der Waals surface area contributed by atoms with Gasteiger partial charge in [-0.1, -0.05) is 0 Å². The van der Waals surface area contributed by atoms with Crippen LogP contribution in [-0.4, -0.2) is 27.6 Å². The number of halogens is 1. The summed E-state index contributed by atoms with van der Waals surface area (Å²) >= 11 is 0.885. The molecule has 0 aliphatic heterocycles. The van der Waals surface area contributed by atoms with E-state index in [1.165, 1.54) is 42.7 Å². The third-order valence-electron chi connectivity index (χ3n) is 4.68. The minimum atomic E-state index is -3.99. The zero-order valence-corrected chi connectivity index (χ0v) is 20.0. The summed E-state index contributed by atoms with van der Waals surface area (Å²) in [7, 11) is -3.99. The van der Waals surface area contributed by atoms with Gasteiger partial charge in [-0.2, -0.15) is 14.7 Å². The molecule has 0 unspecified atom stereocenters. The van der Waals surface area contributed by atoms with E-state index in [1.807, 2.05) is 26.8 Å². The summed E-state index contributed by atoms with van der Waals surface area (Å²) in [4.78, 5) is 3.66. The highest BCUT2D eigenvalue weighted by Gasteiger charge is 2.23. The lowest BCUT2D eigenvalue weighted by atomic mass is 10.1. The number of aromatic nitrogens is 4. The van der Waals surface area contributed by atoms with Crippen LogP contribution in [0.5, 0.6) is 11.5 Å². The molecule has 0 atom stereocenters. The molecule has 0 saturated carbocycles. The van der Waals surface area contributed by atoms with Gasteiger partial charge >= 0.3 is 0 Å². The molecule has 0 saturated heterocycles. The fourth-order valence-corrected chi connectivity index (χ4v) is 4.88.